The molecule has 42 nitrogen and oxygen atoms in total. The van der Waals surface area contributed by atoms with Gasteiger partial charge in [0.2, 0.25) is 22.6 Å². The molecule has 13 aromatic rings. The van der Waals surface area contributed by atoms with Gasteiger partial charge in [0.1, 0.15) is 156 Å². The predicted molar refractivity (Wildman–Crippen MR) is 541 cm³/mol. The zero-order valence-electron chi connectivity index (χ0n) is 84.6. The number of carbonyl (C=O) groups excluding carboxylic acids is 2. The second kappa shape index (κ2) is 44.5. The first kappa shape index (κ1) is 112. The Morgan fingerprint density at radius 2 is 0.736 bits per heavy atom. The number of rotatable bonds is 18. The van der Waals surface area contributed by atoms with Crippen LogP contribution in [-0.2, 0) is 66.3 Å². The third-order valence-corrected chi connectivity index (χ3v) is 33.4. The Bertz CT molecular complexity index is 7380. The van der Waals surface area contributed by atoms with Crippen molar-refractivity contribution in [3.63, 3.8) is 0 Å². The molecule has 6 aliphatic heterocycles. The van der Waals surface area contributed by atoms with E-state index in [0.717, 1.165) is 61.4 Å². The number of nitrogens with two attached hydrogens (primary N) is 1. The van der Waals surface area contributed by atoms with Crippen molar-refractivity contribution in [1.29, 1.82) is 47.4 Å². The number of benzene rings is 1. The first-order valence-electron chi connectivity index (χ1n) is 47.0. The molecule has 6 aliphatic rings. The van der Waals surface area contributed by atoms with Crippen molar-refractivity contribution in [2.24, 2.45) is 56.2 Å². The molecule has 19 rings (SSSR count). The van der Waals surface area contributed by atoms with Gasteiger partial charge in [-0.25, -0.2) is 61.8 Å². The minimum atomic E-state index is -1.82. The molecule has 23 atom stereocenters. The summed E-state index contributed by atoms with van der Waals surface area (Å²) >= 11 is 7.56. The number of cyclic esters (lactones) is 1. The molecule has 6 saturated heterocycles. The summed E-state index contributed by atoms with van der Waals surface area (Å²) < 4.78 is 50.9. The minimum absolute atomic E-state index is 0.000000000000000444. The maximum absolute atomic E-state index is 13.2. The van der Waals surface area contributed by atoms with Crippen molar-refractivity contribution >= 4 is 110 Å². The highest BCUT2D eigenvalue weighted by Gasteiger charge is 2.71. The average molecular weight is 2100 g/mol. The number of nitrogens with zero attached hydrogens (tertiary/aromatic N) is 27. The van der Waals surface area contributed by atoms with Crippen LogP contribution in [0.5, 0.6) is 0 Å². The predicted octanol–water partition coefficient (Wildman–Crippen LogP) is 12.9. The summed E-state index contributed by atoms with van der Waals surface area (Å²) in [6.45, 7) is 24.6. The molecule has 0 aliphatic carbocycles. The molecule has 0 radical (unpaired) electrons. The van der Waals surface area contributed by atoms with E-state index in [0.29, 0.717) is 50.8 Å². The third kappa shape index (κ3) is 17.9. The highest BCUT2D eigenvalue weighted by atomic mass is 32.2. The number of aromatic nitrogens is 18. The van der Waals surface area contributed by atoms with Crippen LogP contribution in [0.1, 0.15) is 161 Å². The summed E-state index contributed by atoms with van der Waals surface area (Å²) in [7, 11) is 0. The lowest BCUT2D eigenvalue weighted by Crippen LogP contribution is -2.47. The van der Waals surface area contributed by atoms with Crippen molar-refractivity contribution in [1.82, 2.24) is 87.6 Å². The number of hydrogen-bond acceptors (Lipinski definition) is 41. The molecule has 0 saturated carbocycles. The van der Waals surface area contributed by atoms with Gasteiger partial charge in [-0.15, -0.1) is 58.8 Å². The lowest BCUT2D eigenvalue weighted by molar-refractivity contribution is -0.238. The van der Waals surface area contributed by atoms with Gasteiger partial charge in [0.15, 0.2) is 11.2 Å². The summed E-state index contributed by atoms with van der Waals surface area (Å²) in [6.07, 6.45) is 17.6. The molecule has 1 aromatic carbocycles. The van der Waals surface area contributed by atoms with Crippen molar-refractivity contribution in [3.8, 4) is 54.6 Å². The van der Waals surface area contributed by atoms with E-state index in [1.54, 1.807) is 107 Å². The van der Waals surface area contributed by atoms with E-state index in [9.17, 15) is 77.2 Å². The van der Waals surface area contributed by atoms with Crippen molar-refractivity contribution < 1.29 is 68.3 Å². The number of thioether (sulfide) groups is 5. The molecule has 7 N–H and O–H groups in total. The number of nitriles is 9. The molecule has 0 amide bonds. The third-order valence-electron chi connectivity index (χ3n) is 29.9. The molecule has 47 heteroatoms. The second-order valence-corrected chi connectivity index (χ2v) is 40.9. The summed E-state index contributed by atoms with van der Waals surface area (Å²) in [5.74, 6) is -4.42. The number of ether oxygens (including phenoxy) is 7. The smallest absolute Gasteiger partial charge is 0.341 e. The van der Waals surface area contributed by atoms with Gasteiger partial charge >= 0.3 is 11.9 Å². The lowest BCUT2D eigenvalue weighted by atomic mass is 9.67. The highest BCUT2D eigenvalue weighted by molar-refractivity contribution is 7.99. The fourth-order valence-electron chi connectivity index (χ4n) is 20.0. The highest BCUT2D eigenvalue weighted by Crippen LogP contribution is 2.61. The van der Waals surface area contributed by atoms with Crippen molar-refractivity contribution in [2.75, 3.05) is 50.2 Å². The fraction of sp³-hybridized carbons (Fsp3) is 0.475. The Kier molecular flexibility index (Phi) is 33.5. The van der Waals surface area contributed by atoms with Gasteiger partial charge in [-0.05, 0) is 183 Å². The van der Waals surface area contributed by atoms with Gasteiger partial charge in [0, 0.05) is 29.9 Å². The van der Waals surface area contributed by atoms with E-state index in [1.807, 2.05) is 183 Å². The van der Waals surface area contributed by atoms with Crippen LogP contribution in [0.2, 0.25) is 0 Å². The molecule has 0 bridgehead atoms. The Balaban J connectivity index is 0.000000147. The molecule has 770 valence electrons. The maximum atomic E-state index is 13.2. The Morgan fingerprint density at radius 1 is 0.392 bits per heavy atom. The summed E-state index contributed by atoms with van der Waals surface area (Å²) in [4.78, 5) is 49.4. The molecule has 12 aromatic heterocycles. The van der Waals surface area contributed by atoms with Gasteiger partial charge < -0.3 is 64.4 Å². The van der Waals surface area contributed by atoms with Crippen LogP contribution in [0, 0.1) is 158 Å². The number of nitrogen functional groups attached to an aromatic ring is 1. The number of carbonyl (C=O) groups is 2. The first-order valence-corrected chi connectivity index (χ1v) is 53.2. The van der Waals surface area contributed by atoms with E-state index in [1.165, 1.54) is 102 Å². The first-order chi connectivity index (χ1) is 70.7. The molecule has 18 heterocycles. The standard InChI is InChI=1S/C23H24N4O3S.C17H19N5OS.C16H20N4O2S.C15H15N5O3S.C14H14N6O3.C9H13NO2.C7H7N3S/c1-5-18-15(2)22(3,13-24)23(29-18,30-21(28)16-9-7-6-8-10-16)19-12-11-17-20(31-4)25-14-26-27(17)19;1-5-13-11(2)16(3,8-18)17(9-19,23-13)14-7-6-12-15(24-4)20-10-21-22(12)14;1-5-12-10(2)15(3,8-17)16(21,22-12)13-7-6-11-14(23-4)18-9-19-20(11)13;1-14(6-16)12(22)10(5-21)23-15(14,7-17)11-4-3-9-13(24-2)18-8-19-20(9)11;1-13(5-15)11(22)9(4-21)23-14(13,6-16)10-3-2-8-12(17)18-7-19-20(8)10;1-4-7-6(2)9(3,5-10)8(11)12-7;1-11-7-6-3-2-4-10(6)9-5-8-7/h6-12,14-15,18H,5H2,1-4H3;6-7,10-11,13H,5H2,1-4H3;6-7,9-10,12,21H,5H2,1-4H3;3-4,8,10,12,21-22H,5H2,1-2H3;2-3,7,9,11,21-22H,4H2,1H3,(H2,17,18,19);6-7H,4H2,1-3H3;2-5H,1H3/t15-,18-,22-,23?;11-,13-,16-,17+;10-,12-,15-,16?;10-,12-,14-,15+;9-,11-,13-,14+;6-,7-,9-;/m111111./s1. The minimum Gasteiger partial charge on any atom is -0.461 e. The van der Waals surface area contributed by atoms with Crippen LogP contribution in [0.15, 0.2) is 172 Å². The zero-order chi connectivity index (χ0) is 108. The number of fused-ring (bicyclic) bond motifs is 6. The SMILES string of the molecule is CC[C@H]1OC(=O)[C@](C)(C#N)[C@@H]1C.CC[C@H]1OC(O)(c2ccc3c(SC)ncnn23)[C@](C)(C#N)[C@@H]1C.CC[C@H]1OC(OC(=O)c2ccccc2)(c2ccc3c(SC)ncnn23)[C@](C)(C#N)[C@@H]1C.CC[C@H]1O[C@@](C#N)(c2ccc3c(SC)ncnn23)[C@](C)(C#N)[C@@H]1C.CSc1ncnn2c([C@]3(C#N)O[C@H](CO)[C@@H](O)[C@@]3(C)C#N)ccc12.CSc1ncnn2cccc12.C[C@@]1(C#N)[C@H](O)[C@@H](CO)O[C@@]1(C#N)c1ccc2c(N)ncnn12. The number of aliphatic hydroxyl groups excluding tert-OH is 4. The van der Waals surface area contributed by atoms with E-state index < -0.39 is 104 Å². The molecular formula is C101H112N28O14S5. The zero-order valence-corrected chi connectivity index (χ0v) is 88.7. The average Bonchev–Trinajstić information content (AvgIpc) is 1.58. The van der Waals surface area contributed by atoms with E-state index >= 15 is 0 Å². The Hall–Kier alpha value is -13.6. The molecular weight excluding hydrogens is 1990 g/mol. The number of aliphatic hydroxyl groups is 5. The maximum Gasteiger partial charge on any atom is 0.341 e. The van der Waals surface area contributed by atoms with Gasteiger partial charge in [0.05, 0.1) is 118 Å². The molecule has 148 heavy (non-hydrogen) atoms. The Morgan fingerprint density at radius 3 is 1.13 bits per heavy atom. The molecule has 2 unspecified atom stereocenters. The number of anilines is 1. The second-order valence-electron chi connectivity index (χ2n) is 37.0. The monoisotopic (exact) mass is 2100 g/mol. The summed E-state index contributed by atoms with van der Waals surface area (Å²) in [5.41, 5.74) is 0.585. The summed E-state index contributed by atoms with van der Waals surface area (Å²) in [6, 6.07) is 49.6. The Labute approximate surface area is 874 Å². The largest absolute Gasteiger partial charge is 0.461 e. The van der Waals surface area contributed by atoms with Gasteiger partial charge in [-0.3, -0.25) is 4.79 Å². The van der Waals surface area contributed by atoms with Crippen LogP contribution in [-0.4, -0.2) is 218 Å². The van der Waals surface area contributed by atoms with Crippen molar-refractivity contribution in [2.45, 2.75) is 225 Å². The quantitative estimate of drug-likeness (QED) is 0.0343. The van der Waals surface area contributed by atoms with Crippen LogP contribution in [0.3, 0.4) is 0 Å². The van der Waals surface area contributed by atoms with Gasteiger partial charge in [0.25, 0.3) is 5.79 Å². The number of hydrogen-bond donors (Lipinski definition) is 6. The topological polar surface area (TPSA) is 621 Å². The van der Waals surface area contributed by atoms with E-state index in [4.69, 9.17) is 44.2 Å². The van der Waals surface area contributed by atoms with Crippen molar-refractivity contribution in [3.05, 3.63) is 181 Å². The van der Waals surface area contributed by atoms with Crippen LogP contribution < -0.4 is 5.73 Å². The lowest BCUT2D eigenvalue weighted by Gasteiger charge is -2.37. The normalized spacial score (nSPS) is 31.0. The van der Waals surface area contributed by atoms with Crippen LogP contribution >= 0.6 is 58.8 Å². The molecule has 6 fully saturated rings. The van der Waals surface area contributed by atoms with Gasteiger partial charge in [-0.2, -0.15) is 77.9 Å². The fourth-order valence-corrected chi connectivity index (χ4v) is 22.6. The van der Waals surface area contributed by atoms with E-state index in [-0.39, 0.29) is 65.6 Å². The van der Waals surface area contributed by atoms with Crippen LogP contribution in [0.4, 0.5) is 5.82 Å². The number of esters is 2. The van der Waals surface area contributed by atoms with Gasteiger partial charge in [-0.1, -0.05) is 73.6 Å². The summed E-state index contributed by atoms with van der Waals surface area (Å²) in [5, 5.41) is 168. The van der Waals surface area contributed by atoms with Crippen LogP contribution in [0.25, 0.3) is 33.1 Å². The van der Waals surface area contributed by atoms with E-state index in [2.05, 4.69) is 84.8 Å². The molecule has 0 spiro atoms.